The fraction of sp³-hybridized carbons (Fsp3) is 0.111. The molecule has 0 N–H and O–H groups in total. The SMILES string of the molecule is C=COC(=O)c1cncc(OC)c1. The highest BCUT2D eigenvalue weighted by atomic mass is 16.5. The lowest BCUT2D eigenvalue weighted by molar-refractivity contribution is 0.0663. The van der Waals surface area contributed by atoms with Crippen LogP contribution in [0.4, 0.5) is 0 Å². The first kappa shape index (κ1) is 9.25. The highest BCUT2D eigenvalue weighted by Gasteiger charge is 2.06. The minimum Gasteiger partial charge on any atom is -0.495 e. The molecule has 1 aromatic heterocycles. The quantitative estimate of drug-likeness (QED) is 0.519. The van der Waals surface area contributed by atoms with Gasteiger partial charge in [-0.15, -0.1) is 0 Å². The molecule has 0 aliphatic heterocycles. The average Bonchev–Trinajstić information content (AvgIpc) is 2.18. The molecule has 1 aromatic rings. The predicted molar refractivity (Wildman–Crippen MR) is 46.4 cm³/mol. The third kappa shape index (κ3) is 2.30. The molecule has 0 amide bonds. The summed E-state index contributed by atoms with van der Waals surface area (Å²) in [4.78, 5) is 14.9. The summed E-state index contributed by atoms with van der Waals surface area (Å²) in [5, 5.41) is 0. The van der Waals surface area contributed by atoms with E-state index in [9.17, 15) is 4.79 Å². The highest BCUT2D eigenvalue weighted by Crippen LogP contribution is 2.10. The maximum atomic E-state index is 11.1. The van der Waals surface area contributed by atoms with Crippen LogP contribution in [0.5, 0.6) is 5.75 Å². The molecule has 0 saturated carbocycles. The number of esters is 1. The molecule has 1 heterocycles. The second-order valence-electron chi connectivity index (χ2n) is 2.19. The van der Waals surface area contributed by atoms with Crippen LogP contribution in [0, 0.1) is 0 Å². The van der Waals surface area contributed by atoms with Crippen molar-refractivity contribution in [3.05, 3.63) is 36.9 Å². The molecular formula is C9H9NO3. The van der Waals surface area contributed by atoms with Crippen molar-refractivity contribution in [2.75, 3.05) is 7.11 Å². The number of carbonyl (C=O) groups excluding carboxylic acids is 1. The summed E-state index contributed by atoms with van der Waals surface area (Å²) >= 11 is 0. The summed E-state index contributed by atoms with van der Waals surface area (Å²) in [7, 11) is 1.50. The minimum absolute atomic E-state index is 0.333. The third-order valence-corrected chi connectivity index (χ3v) is 1.37. The van der Waals surface area contributed by atoms with Gasteiger partial charge in [0.2, 0.25) is 0 Å². The molecule has 4 heteroatoms. The van der Waals surface area contributed by atoms with Gasteiger partial charge in [0.25, 0.3) is 0 Å². The number of hydrogen-bond donors (Lipinski definition) is 0. The molecule has 0 aliphatic carbocycles. The zero-order valence-electron chi connectivity index (χ0n) is 7.19. The van der Waals surface area contributed by atoms with Gasteiger partial charge in [-0.05, 0) is 6.07 Å². The topological polar surface area (TPSA) is 48.4 Å². The molecule has 0 fully saturated rings. The molecule has 0 bridgehead atoms. The van der Waals surface area contributed by atoms with E-state index >= 15 is 0 Å². The molecule has 4 nitrogen and oxygen atoms in total. The van der Waals surface area contributed by atoms with Crippen molar-refractivity contribution < 1.29 is 14.3 Å². The fourth-order valence-corrected chi connectivity index (χ4v) is 0.786. The molecule has 0 spiro atoms. The summed E-state index contributed by atoms with van der Waals surface area (Å²) in [6, 6.07) is 1.54. The van der Waals surface area contributed by atoms with E-state index in [-0.39, 0.29) is 0 Å². The summed E-state index contributed by atoms with van der Waals surface area (Å²) in [6.45, 7) is 3.27. The maximum Gasteiger partial charge on any atom is 0.344 e. The van der Waals surface area contributed by atoms with Gasteiger partial charge in [0.05, 0.1) is 25.1 Å². The van der Waals surface area contributed by atoms with Crippen molar-refractivity contribution in [2.24, 2.45) is 0 Å². The van der Waals surface area contributed by atoms with Crippen molar-refractivity contribution >= 4 is 5.97 Å². The lowest BCUT2D eigenvalue weighted by Gasteiger charge is -2.01. The summed E-state index contributed by atoms with van der Waals surface area (Å²) in [5.74, 6) is 0.0138. The van der Waals surface area contributed by atoms with Crippen LogP contribution in [-0.4, -0.2) is 18.1 Å². The Bertz CT molecular complexity index is 322. The first-order chi connectivity index (χ1) is 6.27. The van der Waals surface area contributed by atoms with Gasteiger partial charge in [-0.1, -0.05) is 6.58 Å². The van der Waals surface area contributed by atoms with Gasteiger partial charge >= 0.3 is 5.97 Å². The Balaban J connectivity index is 2.87. The Morgan fingerprint density at radius 2 is 2.38 bits per heavy atom. The van der Waals surface area contributed by atoms with Crippen LogP contribution in [0.15, 0.2) is 31.3 Å². The van der Waals surface area contributed by atoms with Crippen molar-refractivity contribution in [3.63, 3.8) is 0 Å². The molecule has 1 rings (SSSR count). The molecule has 0 aliphatic rings. The number of methoxy groups -OCH3 is 1. The van der Waals surface area contributed by atoms with Crippen molar-refractivity contribution in [1.82, 2.24) is 4.98 Å². The van der Waals surface area contributed by atoms with E-state index in [2.05, 4.69) is 16.3 Å². The second kappa shape index (κ2) is 4.25. The first-order valence-corrected chi connectivity index (χ1v) is 3.59. The van der Waals surface area contributed by atoms with Crippen LogP contribution in [0.1, 0.15) is 10.4 Å². The van der Waals surface area contributed by atoms with Crippen LogP contribution in [0.3, 0.4) is 0 Å². The average molecular weight is 179 g/mol. The van der Waals surface area contributed by atoms with E-state index in [1.54, 1.807) is 6.07 Å². The van der Waals surface area contributed by atoms with E-state index in [1.165, 1.54) is 19.5 Å². The van der Waals surface area contributed by atoms with Gasteiger partial charge in [-0.25, -0.2) is 4.79 Å². The molecule has 0 unspecified atom stereocenters. The van der Waals surface area contributed by atoms with E-state index in [1.807, 2.05) is 0 Å². The number of ether oxygens (including phenoxy) is 2. The largest absolute Gasteiger partial charge is 0.495 e. The highest BCUT2D eigenvalue weighted by molar-refractivity contribution is 5.89. The van der Waals surface area contributed by atoms with Crippen LogP contribution in [0.2, 0.25) is 0 Å². The van der Waals surface area contributed by atoms with Crippen LogP contribution >= 0.6 is 0 Å². The van der Waals surface area contributed by atoms with Crippen LogP contribution < -0.4 is 4.74 Å². The smallest absolute Gasteiger partial charge is 0.344 e. The van der Waals surface area contributed by atoms with Gasteiger partial charge in [0.15, 0.2) is 0 Å². The number of nitrogens with zero attached hydrogens (tertiary/aromatic N) is 1. The summed E-state index contributed by atoms with van der Waals surface area (Å²) < 4.78 is 9.44. The lowest BCUT2D eigenvalue weighted by Crippen LogP contribution is -2.01. The van der Waals surface area contributed by atoms with Gasteiger partial charge in [0, 0.05) is 6.20 Å². The zero-order chi connectivity index (χ0) is 9.68. The van der Waals surface area contributed by atoms with Crippen LogP contribution in [-0.2, 0) is 4.74 Å². The Kier molecular flexibility index (Phi) is 3.03. The monoisotopic (exact) mass is 179 g/mol. The number of rotatable bonds is 3. The lowest BCUT2D eigenvalue weighted by atomic mass is 10.3. The number of carbonyl (C=O) groups is 1. The molecule has 0 saturated heterocycles. The number of hydrogen-bond acceptors (Lipinski definition) is 4. The minimum atomic E-state index is -0.499. The Morgan fingerprint density at radius 3 is 3.00 bits per heavy atom. The molecule has 13 heavy (non-hydrogen) atoms. The maximum absolute atomic E-state index is 11.1. The second-order valence-corrected chi connectivity index (χ2v) is 2.19. The van der Waals surface area contributed by atoms with E-state index in [0.29, 0.717) is 11.3 Å². The normalized spacial score (nSPS) is 9.00. The molecular weight excluding hydrogens is 170 g/mol. The van der Waals surface area contributed by atoms with E-state index in [0.717, 1.165) is 6.26 Å². The number of pyridine rings is 1. The fourth-order valence-electron chi connectivity index (χ4n) is 0.786. The summed E-state index contributed by atoms with van der Waals surface area (Å²) in [6.07, 6.45) is 3.97. The van der Waals surface area contributed by atoms with Gasteiger partial charge in [-0.3, -0.25) is 4.98 Å². The third-order valence-electron chi connectivity index (χ3n) is 1.37. The van der Waals surface area contributed by atoms with E-state index < -0.39 is 5.97 Å². The standard InChI is InChI=1S/C9H9NO3/c1-3-13-9(11)7-4-8(12-2)6-10-5-7/h3-6H,1H2,2H3. The van der Waals surface area contributed by atoms with Crippen molar-refractivity contribution in [3.8, 4) is 5.75 Å². The Labute approximate surface area is 75.8 Å². The molecule has 0 atom stereocenters. The van der Waals surface area contributed by atoms with Crippen molar-refractivity contribution in [1.29, 1.82) is 0 Å². The number of aromatic nitrogens is 1. The molecule has 68 valence electrons. The molecule has 0 aromatic carbocycles. The Hall–Kier alpha value is -1.84. The Morgan fingerprint density at radius 1 is 1.62 bits per heavy atom. The van der Waals surface area contributed by atoms with Gasteiger partial charge in [0.1, 0.15) is 5.75 Å². The van der Waals surface area contributed by atoms with Gasteiger partial charge < -0.3 is 9.47 Å². The van der Waals surface area contributed by atoms with Crippen molar-refractivity contribution in [2.45, 2.75) is 0 Å². The zero-order valence-corrected chi connectivity index (χ0v) is 7.19. The van der Waals surface area contributed by atoms with E-state index in [4.69, 9.17) is 4.74 Å². The molecule has 0 radical (unpaired) electrons. The van der Waals surface area contributed by atoms with Gasteiger partial charge in [-0.2, -0.15) is 0 Å². The predicted octanol–water partition coefficient (Wildman–Crippen LogP) is 1.39. The summed E-state index contributed by atoms with van der Waals surface area (Å²) in [5.41, 5.74) is 0.333. The first-order valence-electron chi connectivity index (χ1n) is 3.59. The van der Waals surface area contributed by atoms with Crippen LogP contribution in [0.25, 0.3) is 0 Å².